The first kappa shape index (κ1) is 14.6. The molecule has 0 saturated carbocycles. The molecule has 1 N–H and O–H groups in total. The molecule has 0 spiro atoms. The molecule has 108 valence electrons. The van der Waals surface area contributed by atoms with Crippen LogP contribution in [0.15, 0.2) is 30.3 Å². The summed E-state index contributed by atoms with van der Waals surface area (Å²) >= 11 is 0. The van der Waals surface area contributed by atoms with E-state index in [4.69, 9.17) is 4.74 Å². The first-order valence-corrected chi connectivity index (χ1v) is 6.73. The molecule has 1 amide bonds. The minimum absolute atomic E-state index is 0.0922. The SMILES string of the molecule is COc1ccc(/C=C/C(=O)NN2CCN(C)CC2)cc1. The Bertz CT molecular complexity index is 463. The highest BCUT2D eigenvalue weighted by atomic mass is 16.5. The molecule has 0 aromatic heterocycles. The van der Waals surface area contributed by atoms with E-state index >= 15 is 0 Å². The molecule has 1 aromatic carbocycles. The fraction of sp³-hybridized carbons (Fsp3) is 0.400. The largest absolute Gasteiger partial charge is 0.497 e. The quantitative estimate of drug-likeness (QED) is 0.832. The van der Waals surface area contributed by atoms with Crippen LogP contribution in [0.3, 0.4) is 0 Å². The molecule has 5 heteroatoms. The molecule has 1 aliphatic rings. The van der Waals surface area contributed by atoms with Crippen molar-refractivity contribution in [3.05, 3.63) is 35.9 Å². The zero-order valence-corrected chi connectivity index (χ0v) is 12.0. The number of nitrogens with zero attached hydrogens (tertiary/aromatic N) is 2. The maximum atomic E-state index is 11.8. The van der Waals surface area contributed by atoms with Gasteiger partial charge in [-0.2, -0.15) is 0 Å². The number of benzene rings is 1. The van der Waals surface area contributed by atoms with Gasteiger partial charge >= 0.3 is 0 Å². The second kappa shape index (κ2) is 7.07. The standard InChI is InChI=1S/C15H21N3O2/c1-17-9-11-18(12-10-17)16-15(19)8-5-13-3-6-14(20-2)7-4-13/h3-8H,9-12H2,1-2H3,(H,16,19)/b8-5+. The van der Waals surface area contributed by atoms with Gasteiger partial charge in [-0.1, -0.05) is 12.1 Å². The number of methoxy groups -OCH3 is 1. The number of carbonyl (C=O) groups is 1. The van der Waals surface area contributed by atoms with Crippen LogP contribution in [0.4, 0.5) is 0 Å². The van der Waals surface area contributed by atoms with E-state index in [9.17, 15) is 4.79 Å². The highest BCUT2D eigenvalue weighted by molar-refractivity contribution is 5.91. The van der Waals surface area contributed by atoms with Crippen LogP contribution in [0.5, 0.6) is 5.75 Å². The van der Waals surface area contributed by atoms with Crippen molar-refractivity contribution in [2.75, 3.05) is 40.3 Å². The summed E-state index contributed by atoms with van der Waals surface area (Å²) in [6.07, 6.45) is 3.35. The van der Waals surface area contributed by atoms with E-state index in [1.54, 1.807) is 19.3 Å². The Balaban J connectivity index is 1.82. The number of nitrogens with one attached hydrogen (secondary N) is 1. The van der Waals surface area contributed by atoms with Crippen LogP contribution in [0.25, 0.3) is 6.08 Å². The molecule has 1 saturated heterocycles. The van der Waals surface area contributed by atoms with Crippen molar-refractivity contribution >= 4 is 12.0 Å². The Labute approximate surface area is 119 Å². The summed E-state index contributed by atoms with van der Waals surface area (Å²) in [6, 6.07) is 7.58. The molecule has 2 rings (SSSR count). The lowest BCUT2D eigenvalue weighted by atomic mass is 10.2. The minimum Gasteiger partial charge on any atom is -0.497 e. The smallest absolute Gasteiger partial charge is 0.258 e. The van der Waals surface area contributed by atoms with E-state index in [2.05, 4.69) is 17.4 Å². The number of piperazine rings is 1. The molecule has 1 heterocycles. The molecule has 0 bridgehead atoms. The number of carbonyl (C=O) groups excluding carboxylic acids is 1. The fourth-order valence-corrected chi connectivity index (χ4v) is 2.00. The van der Waals surface area contributed by atoms with E-state index in [0.29, 0.717) is 0 Å². The lowest BCUT2D eigenvalue weighted by Gasteiger charge is -2.31. The minimum atomic E-state index is -0.0922. The topological polar surface area (TPSA) is 44.8 Å². The molecule has 5 nitrogen and oxygen atoms in total. The van der Waals surface area contributed by atoms with Gasteiger partial charge in [0.25, 0.3) is 5.91 Å². The number of rotatable bonds is 4. The van der Waals surface area contributed by atoms with Gasteiger partial charge in [0.15, 0.2) is 0 Å². The Morgan fingerprint density at radius 1 is 1.20 bits per heavy atom. The van der Waals surface area contributed by atoms with Crippen LogP contribution in [-0.4, -0.2) is 56.2 Å². The summed E-state index contributed by atoms with van der Waals surface area (Å²) < 4.78 is 5.09. The van der Waals surface area contributed by atoms with Crippen LogP contribution in [0, 0.1) is 0 Å². The maximum absolute atomic E-state index is 11.8. The summed E-state index contributed by atoms with van der Waals surface area (Å²) in [5, 5.41) is 1.96. The molecule has 0 aliphatic carbocycles. The summed E-state index contributed by atoms with van der Waals surface area (Å²) in [5.74, 6) is 0.717. The van der Waals surface area contributed by atoms with E-state index in [1.807, 2.05) is 29.3 Å². The van der Waals surface area contributed by atoms with Crippen molar-refractivity contribution in [2.45, 2.75) is 0 Å². The third-order valence-corrected chi connectivity index (χ3v) is 3.31. The van der Waals surface area contributed by atoms with Gasteiger partial charge < -0.3 is 9.64 Å². The Morgan fingerprint density at radius 2 is 1.85 bits per heavy atom. The monoisotopic (exact) mass is 275 g/mol. The third kappa shape index (κ3) is 4.36. The molecule has 1 fully saturated rings. The summed E-state index contributed by atoms with van der Waals surface area (Å²) in [4.78, 5) is 14.1. The number of likely N-dealkylation sites (N-methyl/N-ethyl adjacent to an activating group) is 1. The molecule has 0 unspecified atom stereocenters. The Kier molecular flexibility index (Phi) is 5.15. The van der Waals surface area contributed by atoms with Crippen molar-refractivity contribution in [3.63, 3.8) is 0 Å². The highest BCUT2D eigenvalue weighted by Crippen LogP contribution is 2.12. The number of amides is 1. The average Bonchev–Trinajstić information content (AvgIpc) is 2.48. The van der Waals surface area contributed by atoms with Crippen molar-refractivity contribution in [3.8, 4) is 5.75 Å². The van der Waals surface area contributed by atoms with Gasteiger partial charge in [0, 0.05) is 32.3 Å². The van der Waals surface area contributed by atoms with Gasteiger partial charge in [-0.15, -0.1) is 0 Å². The lowest BCUT2D eigenvalue weighted by molar-refractivity contribution is -0.121. The van der Waals surface area contributed by atoms with E-state index in [0.717, 1.165) is 37.5 Å². The molecular formula is C15H21N3O2. The van der Waals surface area contributed by atoms with Gasteiger partial charge in [0.2, 0.25) is 0 Å². The first-order chi connectivity index (χ1) is 9.67. The molecule has 20 heavy (non-hydrogen) atoms. The van der Waals surface area contributed by atoms with Crippen LogP contribution in [0.1, 0.15) is 5.56 Å². The number of hydrogen-bond donors (Lipinski definition) is 1. The van der Waals surface area contributed by atoms with Crippen molar-refractivity contribution < 1.29 is 9.53 Å². The van der Waals surface area contributed by atoms with Gasteiger partial charge in [-0.3, -0.25) is 10.2 Å². The van der Waals surface area contributed by atoms with E-state index < -0.39 is 0 Å². The van der Waals surface area contributed by atoms with Gasteiger partial charge in [-0.25, -0.2) is 5.01 Å². The third-order valence-electron chi connectivity index (χ3n) is 3.31. The second-order valence-corrected chi connectivity index (χ2v) is 4.87. The molecule has 0 radical (unpaired) electrons. The molecule has 0 atom stereocenters. The van der Waals surface area contributed by atoms with Crippen LogP contribution in [0.2, 0.25) is 0 Å². The maximum Gasteiger partial charge on any atom is 0.258 e. The van der Waals surface area contributed by atoms with E-state index in [-0.39, 0.29) is 5.91 Å². The van der Waals surface area contributed by atoms with Gasteiger partial charge in [0.05, 0.1) is 7.11 Å². The molecule has 1 aliphatic heterocycles. The van der Waals surface area contributed by atoms with Gasteiger partial charge in [-0.05, 0) is 30.8 Å². The van der Waals surface area contributed by atoms with Crippen molar-refractivity contribution in [2.24, 2.45) is 0 Å². The van der Waals surface area contributed by atoms with Gasteiger partial charge in [0.1, 0.15) is 5.75 Å². The van der Waals surface area contributed by atoms with Crippen LogP contribution in [-0.2, 0) is 4.79 Å². The average molecular weight is 275 g/mol. The second-order valence-electron chi connectivity index (χ2n) is 4.87. The fourth-order valence-electron chi connectivity index (χ4n) is 2.00. The highest BCUT2D eigenvalue weighted by Gasteiger charge is 2.14. The zero-order chi connectivity index (χ0) is 14.4. The Hall–Kier alpha value is -1.85. The summed E-state index contributed by atoms with van der Waals surface area (Å²) in [5.41, 5.74) is 3.86. The number of ether oxygens (including phenoxy) is 1. The Morgan fingerprint density at radius 3 is 2.45 bits per heavy atom. The predicted molar refractivity (Wildman–Crippen MR) is 79.2 cm³/mol. The lowest BCUT2D eigenvalue weighted by Crippen LogP contribution is -2.52. The normalized spacial score (nSPS) is 17.3. The van der Waals surface area contributed by atoms with E-state index in [1.165, 1.54) is 0 Å². The first-order valence-electron chi connectivity index (χ1n) is 6.73. The molecular weight excluding hydrogens is 254 g/mol. The molecule has 1 aromatic rings. The summed E-state index contributed by atoms with van der Waals surface area (Å²) in [7, 11) is 3.72. The number of hydrazine groups is 1. The van der Waals surface area contributed by atoms with Crippen molar-refractivity contribution in [1.82, 2.24) is 15.3 Å². The number of hydrogen-bond acceptors (Lipinski definition) is 4. The van der Waals surface area contributed by atoms with Crippen LogP contribution >= 0.6 is 0 Å². The summed E-state index contributed by atoms with van der Waals surface area (Å²) in [6.45, 7) is 3.67. The zero-order valence-electron chi connectivity index (χ0n) is 12.0. The van der Waals surface area contributed by atoms with Crippen LogP contribution < -0.4 is 10.2 Å². The predicted octanol–water partition coefficient (Wildman–Crippen LogP) is 0.987. The van der Waals surface area contributed by atoms with Crippen molar-refractivity contribution in [1.29, 1.82) is 0 Å².